The van der Waals surface area contributed by atoms with Crippen LogP contribution in [0.15, 0.2) is 88.4 Å². The van der Waals surface area contributed by atoms with Crippen molar-refractivity contribution in [3.8, 4) is 0 Å². The number of esters is 1. The number of benzene rings is 2. The third-order valence-corrected chi connectivity index (χ3v) is 7.99. The van der Waals surface area contributed by atoms with Crippen molar-refractivity contribution in [2.45, 2.75) is 56.0 Å². The highest BCUT2D eigenvalue weighted by atomic mass is 35.5. The second-order valence-corrected chi connectivity index (χ2v) is 10.8. The fourth-order valence-electron chi connectivity index (χ4n) is 5.61. The predicted octanol–water partition coefficient (Wildman–Crippen LogP) is 3.07. The summed E-state index contributed by atoms with van der Waals surface area (Å²) in [5.41, 5.74) is 0.742. The van der Waals surface area contributed by atoms with Crippen LogP contribution in [-0.4, -0.2) is 99.1 Å². The summed E-state index contributed by atoms with van der Waals surface area (Å²) < 4.78 is 11.9. The van der Waals surface area contributed by atoms with Gasteiger partial charge in [-0.2, -0.15) is 10.1 Å². The molecule has 0 spiro atoms. The van der Waals surface area contributed by atoms with Crippen molar-refractivity contribution >= 4 is 40.9 Å². The van der Waals surface area contributed by atoms with Gasteiger partial charge in [-0.05, 0) is 55.1 Å². The van der Waals surface area contributed by atoms with E-state index >= 15 is 0 Å². The number of carbonyl (C=O) groups is 2. The zero-order chi connectivity index (χ0) is 29.2. The fraction of sp³-hybridized carbons (Fsp3) is 0.367. The Bertz CT molecular complexity index is 1410. The summed E-state index contributed by atoms with van der Waals surface area (Å²) in [5, 5.41) is 18.1. The molecule has 1 amide bonds. The molecule has 4 heterocycles. The molecule has 0 bridgehead atoms. The summed E-state index contributed by atoms with van der Waals surface area (Å²) in [4.78, 5) is 38.8. The molecule has 2 aromatic rings. The maximum Gasteiger partial charge on any atom is 0.338 e. The molecule has 42 heavy (non-hydrogen) atoms. The van der Waals surface area contributed by atoms with Gasteiger partial charge in [0, 0.05) is 18.7 Å². The Morgan fingerprint density at radius 1 is 1.05 bits per heavy atom. The number of halogens is 1. The lowest BCUT2D eigenvalue weighted by Gasteiger charge is -2.41. The summed E-state index contributed by atoms with van der Waals surface area (Å²) >= 11 is 6.72. The number of hydrogen-bond donors (Lipinski definition) is 1. The van der Waals surface area contributed by atoms with E-state index in [0.29, 0.717) is 17.0 Å². The van der Waals surface area contributed by atoms with Gasteiger partial charge < -0.3 is 19.5 Å². The number of hydrazone groups is 1. The number of ether oxygens (including phenoxy) is 2. The van der Waals surface area contributed by atoms with Crippen molar-refractivity contribution in [3.05, 3.63) is 84.4 Å². The fourth-order valence-corrected chi connectivity index (χ4v) is 5.88. The molecule has 218 valence electrons. The maximum absolute atomic E-state index is 13.8. The van der Waals surface area contributed by atoms with Crippen molar-refractivity contribution < 1.29 is 24.2 Å². The largest absolute Gasteiger partial charge is 0.453 e. The number of piperidine rings is 1. The van der Waals surface area contributed by atoms with Crippen molar-refractivity contribution in [2.24, 2.45) is 15.1 Å². The molecule has 12 heteroatoms. The SMILES string of the molecule is C=C[C@H]1O[C@@H](N2C=NC3C(=NN4CCCCC4)N=C(Cl)N(C(=O)c4ccccc4)C32)[C@H](O)[C@@H]1OC(=O)c1ccccc1. The zero-order valence-electron chi connectivity index (χ0n) is 22.8. The van der Waals surface area contributed by atoms with Gasteiger partial charge in [0.15, 0.2) is 24.2 Å². The number of hydrogen-bond acceptors (Lipinski definition) is 9. The molecule has 1 N–H and O–H groups in total. The first-order chi connectivity index (χ1) is 20.5. The third-order valence-electron chi connectivity index (χ3n) is 7.73. The van der Waals surface area contributed by atoms with E-state index in [9.17, 15) is 14.7 Å². The van der Waals surface area contributed by atoms with Gasteiger partial charge in [0.05, 0.1) is 11.9 Å². The van der Waals surface area contributed by atoms with Gasteiger partial charge in [-0.15, -0.1) is 6.58 Å². The lowest BCUT2D eigenvalue weighted by molar-refractivity contribution is -0.0742. The number of rotatable bonds is 6. The van der Waals surface area contributed by atoms with Crippen LogP contribution in [0, 0.1) is 0 Å². The van der Waals surface area contributed by atoms with Gasteiger partial charge in [-0.1, -0.05) is 42.5 Å². The lowest BCUT2D eigenvalue weighted by Crippen LogP contribution is -2.62. The molecule has 2 aromatic carbocycles. The van der Waals surface area contributed by atoms with Crippen LogP contribution in [0.1, 0.15) is 40.0 Å². The molecule has 6 atom stereocenters. The molecule has 4 aliphatic rings. The number of aliphatic imine (C=N–C) groups is 2. The van der Waals surface area contributed by atoms with Gasteiger partial charge in [0.2, 0.25) is 5.29 Å². The van der Waals surface area contributed by atoms with Crippen molar-refractivity contribution in [1.29, 1.82) is 0 Å². The maximum atomic E-state index is 13.8. The Hall–Kier alpha value is -4.06. The molecule has 2 unspecified atom stereocenters. The average Bonchev–Trinajstić information content (AvgIpc) is 3.59. The van der Waals surface area contributed by atoms with E-state index in [0.717, 1.165) is 32.4 Å². The molecule has 6 rings (SSSR count). The summed E-state index contributed by atoms with van der Waals surface area (Å²) in [5.74, 6) is -0.636. The topological polar surface area (TPSA) is 120 Å². The Morgan fingerprint density at radius 2 is 1.71 bits per heavy atom. The van der Waals surface area contributed by atoms with Crippen molar-refractivity contribution in [2.75, 3.05) is 13.1 Å². The molecule has 0 saturated carbocycles. The summed E-state index contributed by atoms with van der Waals surface area (Å²) in [6, 6.07) is 16.5. The van der Waals surface area contributed by atoms with Crippen molar-refractivity contribution in [3.63, 3.8) is 0 Å². The van der Waals surface area contributed by atoms with Crippen LogP contribution in [0.25, 0.3) is 0 Å². The molecule has 2 fully saturated rings. The quantitative estimate of drug-likeness (QED) is 0.312. The first-order valence-corrected chi connectivity index (χ1v) is 14.3. The van der Waals surface area contributed by atoms with Gasteiger partial charge >= 0.3 is 5.97 Å². The van der Waals surface area contributed by atoms with Gasteiger partial charge in [0.25, 0.3) is 5.91 Å². The molecule has 11 nitrogen and oxygen atoms in total. The number of aliphatic hydroxyl groups excluding tert-OH is 1. The molecule has 0 aromatic heterocycles. The van der Waals surface area contributed by atoms with Crippen LogP contribution >= 0.6 is 11.6 Å². The second-order valence-electron chi connectivity index (χ2n) is 10.4. The Labute approximate surface area is 248 Å². The Morgan fingerprint density at radius 3 is 2.38 bits per heavy atom. The normalized spacial score (nSPS) is 29.8. The van der Waals surface area contributed by atoms with Crippen LogP contribution in [0.4, 0.5) is 0 Å². The Balaban J connectivity index is 1.32. The highest BCUT2D eigenvalue weighted by Gasteiger charge is 2.55. The molecular formula is C30H31ClN6O5. The third kappa shape index (κ3) is 5.31. The van der Waals surface area contributed by atoms with Crippen LogP contribution in [0.3, 0.4) is 0 Å². The van der Waals surface area contributed by atoms with E-state index in [1.165, 1.54) is 17.3 Å². The smallest absolute Gasteiger partial charge is 0.338 e. The molecule has 4 aliphatic heterocycles. The molecule has 2 saturated heterocycles. The van der Waals surface area contributed by atoms with E-state index in [1.54, 1.807) is 59.5 Å². The summed E-state index contributed by atoms with van der Waals surface area (Å²) in [6.07, 6.45) is 1.08. The van der Waals surface area contributed by atoms with E-state index in [4.69, 9.17) is 26.2 Å². The van der Waals surface area contributed by atoms with E-state index < -0.39 is 48.6 Å². The monoisotopic (exact) mass is 590 g/mol. The van der Waals surface area contributed by atoms with Crippen LogP contribution < -0.4 is 0 Å². The lowest BCUT2D eigenvalue weighted by atomic mass is 10.1. The zero-order valence-corrected chi connectivity index (χ0v) is 23.5. The number of nitrogens with zero attached hydrogens (tertiary/aromatic N) is 6. The van der Waals surface area contributed by atoms with Crippen molar-refractivity contribution in [1.82, 2.24) is 14.8 Å². The highest BCUT2D eigenvalue weighted by molar-refractivity contribution is 6.67. The van der Waals surface area contributed by atoms with Crippen LogP contribution in [0.2, 0.25) is 0 Å². The minimum Gasteiger partial charge on any atom is -0.453 e. The Kier molecular flexibility index (Phi) is 8.05. The molecule has 0 radical (unpaired) electrons. The first kappa shape index (κ1) is 28.1. The van der Waals surface area contributed by atoms with E-state index in [2.05, 4.69) is 16.6 Å². The predicted molar refractivity (Wildman–Crippen MR) is 157 cm³/mol. The van der Waals surface area contributed by atoms with Gasteiger partial charge in [0.1, 0.15) is 18.4 Å². The summed E-state index contributed by atoms with van der Waals surface area (Å²) in [7, 11) is 0. The highest BCUT2D eigenvalue weighted by Crippen LogP contribution is 2.35. The van der Waals surface area contributed by atoms with Gasteiger partial charge in [-0.3, -0.25) is 19.7 Å². The molecule has 0 aliphatic carbocycles. The molecular weight excluding hydrogens is 560 g/mol. The minimum atomic E-state index is -1.31. The minimum absolute atomic E-state index is 0.0730. The number of aliphatic hydroxyl groups is 1. The van der Waals surface area contributed by atoms with Crippen LogP contribution in [-0.2, 0) is 9.47 Å². The number of amides is 1. The number of carbonyl (C=O) groups excluding carboxylic acids is 2. The number of amidine groups is 2. The number of fused-ring (bicyclic) bond motifs is 1. The average molecular weight is 591 g/mol. The standard InChI is InChI=1S/C30H31ClN6O5/c1-2-21-24(42-29(40)20-14-8-4-9-15-20)23(38)28(41-21)36-18-32-22-25(34-35-16-10-5-11-17-35)33-30(31)37(26(22)36)27(39)19-12-6-3-7-13-19/h2-4,6-9,12-15,18,21-24,26,28,38H,1,5,10-11,16-17H2/t21-,22?,23-,24-,26?,28-/m1/s1. The van der Waals surface area contributed by atoms with Gasteiger partial charge in [-0.25, -0.2) is 4.79 Å². The summed E-state index contributed by atoms with van der Waals surface area (Å²) in [6.45, 7) is 5.38. The second kappa shape index (κ2) is 12.0. The van der Waals surface area contributed by atoms with E-state index in [-0.39, 0.29) is 5.29 Å². The van der Waals surface area contributed by atoms with E-state index in [1.807, 2.05) is 11.1 Å². The first-order valence-electron chi connectivity index (χ1n) is 14.0. The van der Waals surface area contributed by atoms with Crippen LogP contribution in [0.5, 0.6) is 0 Å².